The monoisotopic (exact) mass is 351 g/mol. The average molecular weight is 352 g/mol. The van der Waals surface area contributed by atoms with Gasteiger partial charge in [-0.05, 0) is 45.1 Å². The zero-order valence-electron chi connectivity index (χ0n) is 10.1. The van der Waals surface area contributed by atoms with Gasteiger partial charge in [-0.1, -0.05) is 6.07 Å². The van der Waals surface area contributed by atoms with Crippen LogP contribution in [0.4, 0.5) is 0 Å². The first-order chi connectivity index (χ1) is 9.56. The van der Waals surface area contributed by atoms with Gasteiger partial charge in [0, 0.05) is 9.35 Å². The summed E-state index contributed by atoms with van der Waals surface area (Å²) < 4.78 is 0.963. The Labute approximate surface area is 125 Å². The molecular formula is C13H10BrN3O2S. The van der Waals surface area contributed by atoms with Gasteiger partial charge in [0.25, 0.3) is 0 Å². The number of aromatic amines is 2. The Morgan fingerprint density at radius 2 is 1.80 bits per heavy atom. The van der Waals surface area contributed by atoms with E-state index in [0.717, 1.165) is 14.9 Å². The summed E-state index contributed by atoms with van der Waals surface area (Å²) in [4.78, 5) is 28.7. The molecule has 7 heteroatoms. The summed E-state index contributed by atoms with van der Waals surface area (Å²) in [5.74, 6) is 0. The summed E-state index contributed by atoms with van der Waals surface area (Å²) in [5, 5.41) is 1.96. The molecule has 4 N–H and O–H groups in total. The normalized spacial score (nSPS) is 12.7. The highest BCUT2D eigenvalue weighted by atomic mass is 79.9. The average Bonchev–Trinajstić information content (AvgIpc) is 2.85. The van der Waals surface area contributed by atoms with Crippen molar-refractivity contribution >= 4 is 38.3 Å². The molecule has 1 aromatic carbocycles. The van der Waals surface area contributed by atoms with Crippen LogP contribution in [0.15, 0.2) is 43.7 Å². The van der Waals surface area contributed by atoms with Crippen molar-refractivity contribution in [2.75, 3.05) is 0 Å². The number of rotatable bonds is 2. The number of benzene rings is 1. The van der Waals surface area contributed by atoms with Crippen molar-refractivity contribution in [2.24, 2.45) is 5.73 Å². The molecule has 0 bridgehead atoms. The van der Waals surface area contributed by atoms with Gasteiger partial charge in [0.05, 0.1) is 17.1 Å². The van der Waals surface area contributed by atoms with E-state index in [-0.39, 0.29) is 6.04 Å². The van der Waals surface area contributed by atoms with Crippen molar-refractivity contribution in [1.82, 2.24) is 9.97 Å². The van der Waals surface area contributed by atoms with E-state index in [1.54, 1.807) is 23.5 Å². The summed E-state index contributed by atoms with van der Waals surface area (Å²) in [5.41, 5.74) is 6.92. The summed E-state index contributed by atoms with van der Waals surface area (Å²) in [6.07, 6.45) is 0. The van der Waals surface area contributed by atoms with Gasteiger partial charge >= 0.3 is 11.1 Å². The van der Waals surface area contributed by atoms with E-state index in [9.17, 15) is 9.59 Å². The quantitative estimate of drug-likeness (QED) is 0.617. The molecular weight excluding hydrogens is 342 g/mol. The number of halogens is 1. The van der Waals surface area contributed by atoms with Crippen molar-refractivity contribution in [3.05, 3.63) is 65.3 Å². The van der Waals surface area contributed by atoms with Gasteiger partial charge in [-0.2, -0.15) is 0 Å². The lowest BCUT2D eigenvalue weighted by atomic mass is 10.1. The van der Waals surface area contributed by atoms with E-state index in [0.29, 0.717) is 11.0 Å². The van der Waals surface area contributed by atoms with E-state index >= 15 is 0 Å². The zero-order chi connectivity index (χ0) is 14.3. The van der Waals surface area contributed by atoms with Gasteiger partial charge in [0.15, 0.2) is 0 Å². The van der Waals surface area contributed by atoms with E-state index in [2.05, 4.69) is 25.9 Å². The van der Waals surface area contributed by atoms with Crippen molar-refractivity contribution in [3.63, 3.8) is 0 Å². The third-order valence-electron chi connectivity index (χ3n) is 3.03. The van der Waals surface area contributed by atoms with Gasteiger partial charge in [-0.25, -0.2) is 0 Å². The molecule has 0 saturated carbocycles. The fraction of sp³-hybridized carbons (Fsp3) is 0.0769. The highest BCUT2D eigenvalue weighted by Crippen LogP contribution is 2.32. The van der Waals surface area contributed by atoms with Crippen molar-refractivity contribution in [1.29, 1.82) is 0 Å². The topological polar surface area (TPSA) is 91.7 Å². The Morgan fingerprint density at radius 3 is 2.45 bits per heavy atom. The first-order valence-electron chi connectivity index (χ1n) is 5.81. The van der Waals surface area contributed by atoms with E-state index in [4.69, 9.17) is 5.73 Å². The highest BCUT2D eigenvalue weighted by Gasteiger charge is 2.14. The molecule has 2 heterocycles. The predicted molar refractivity (Wildman–Crippen MR) is 83.2 cm³/mol. The van der Waals surface area contributed by atoms with Crippen molar-refractivity contribution in [3.8, 4) is 0 Å². The zero-order valence-corrected chi connectivity index (χ0v) is 12.5. The lowest BCUT2D eigenvalue weighted by Crippen LogP contribution is -2.29. The molecule has 0 amide bonds. The van der Waals surface area contributed by atoms with Gasteiger partial charge in [0.1, 0.15) is 0 Å². The smallest absolute Gasteiger partial charge is 0.314 e. The van der Waals surface area contributed by atoms with Crippen LogP contribution in [-0.4, -0.2) is 9.97 Å². The number of hydrogen-bond acceptors (Lipinski definition) is 4. The number of nitrogens with one attached hydrogen (secondary N) is 2. The Bertz CT molecular complexity index is 896. The van der Waals surface area contributed by atoms with Gasteiger partial charge in [-0.15, -0.1) is 11.3 Å². The standard InChI is InChI=1S/C13H10BrN3O2S/c14-7-3-4-20-11(7)10(15)6-1-2-8-9(5-6)17-13(19)12(18)16-8/h1-5,10H,15H2,(H,16,18)(H,17,19). The molecule has 0 fully saturated rings. The van der Waals surface area contributed by atoms with Crippen LogP contribution in [0, 0.1) is 0 Å². The van der Waals surface area contributed by atoms with E-state index < -0.39 is 11.1 Å². The summed E-state index contributed by atoms with van der Waals surface area (Å²) in [7, 11) is 0. The van der Waals surface area contributed by atoms with Crippen LogP contribution in [0.3, 0.4) is 0 Å². The van der Waals surface area contributed by atoms with E-state index in [1.807, 2.05) is 17.5 Å². The number of thiophene rings is 1. The molecule has 0 aliphatic rings. The third-order valence-corrected chi connectivity index (χ3v) is 4.99. The van der Waals surface area contributed by atoms with Crippen LogP contribution >= 0.6 is 27.3 Å². The lowest BCUT2D eigenvalue weighted by molar-refractivity contribution is 0.889. The molecule has 2 aromatic heterocycles. The van der Waals surface area contributed by atoms with Crippen molar-refractivity contribution < 1.29 is 0 Å². The minimum Gasteiger partial charge on any atom is -0.320 e. The minimum absolute atomic E-state index is 0.288. The molecule has 1 unspecified atom stereocenters. The second-order valence-electron chi connectivity index (χ2n) is 4.32. The molecule has 5 nitrogen and oxygen atoms in total. The fourth-order valence-corrected chi connectivity index (χ4v) is 3.65. The van der Waals surface area contributed by atoms with Gasteiger partial charge in [0.2, 0.25) is 0 Å². The molecule has 102 valence electrons. The first-order valence-corrected chi connectivity index (χ1v) is 7.48. The largest absolute Gasteiger partial charge is 0.320 e. The van der Waals surface area contributed by atoms with Crippen molar-refractivity contribution in [2.45, 2.75) is 6.04 Å². The molecule has 0 aliphatic carbocycles. The predicted octanol–water partition coefficient (Wildman–Crippen LogP) is 2.09. The van der Waals surface area contributed by atoms with Crippen LogP contribution < -0.4 is 16.9 Å². The third kappa shape index (κ3) is 2.24. The van der Waals surface area contributed by atoms with Crippen LogP contribution in [0.1, 0.15) is 16.5 Å². The first kappa shape index (κ1) is 13.3. The summed E-state index contributed by atoms with van der Waals surface area (Å²) in [6, 6.07) is 7.02. The lowest BCUT2D eigenvalue weighted by Gasteiger charge is -2.11. The Morgan fingerprint density at radius 1 is 1.10 bits per heavy atom. The number of aromatic nitrogens is 2. The second-order valence-corrected chi connectivity index (χ2v) is 6.13. The van der Waals surface area contributed by atoms with E-state index in [1.165, 1.54) is 0 Å². The molecule has 3 aromatic rings. The molecule has 0 spiro atoms. The SMILES string of the molecule is NC(c1ccc2[nH]c(=O)c(=O)[nH]c2c1)c1sccc1Br. The molecule has 1 atom stereocenters. The molecule has 0 saturated heterocycles. The Balaban J connectivity index is 2.14. The summed E-state index contributed by atoms with van der Waals surface area (Å²) in [6.45, 7) is 0. The van der Waals surface area contributed by atoms with Crippen LogP contribution in [0.25, 0.3) is 11.0 Å². The number of hydrogen-bond donors (Lipinski definition) is 3. The van der Waals surface area contributed by atoms with Crippen LogP contribution in [0.2, 0.25) is 0 Å². The molecule has 3 rings (SSSR count). The number of fused-ring (bicyclic) bond motifs is 1. The fourth-order valence-electron chi connectivity index (χ4n) is 2.00. The second kappa shape index (κ2) is 5.01. The summed E-state index contributed by atoms with van der Waals surface area (Å²) >= 11 is 5.02. The number of nitrogens with two attached hydrogens (primary N) is 1. The maximum Gasteiger partial charge on any atom is 0.314 e. The maximum atomic E-state index is 11.4. The van der Waals surface area contributed by atoms with Gasteiger partial charge in [-0.3, -0.25) is 9.59 Å². The Kier molecular flexibility index (Phi) is 3.33. The molecule has 20 heavy (non-hydrogen) atoms. The number of H-pyrrole nitrogens is 2. The Hall–Kier alpha value is -1.70. The van der Waals surface area contributed by atoms with Gasteiger partial charge < -0.3 is 15.7 Å². The van der Waals surface area contributed by atoms with Crippen LogP contribution in [-0.2, 0) is 0 Å². The highest BCUT2D eigenvalue weighted by molar-refractivity contribution is 9.10. The minimum atomic E-state index is -0.666. The van der Waals surface area contributed by atoms with Crippen LogP contribution in [0.5, 0.6) is 0 Å². The molecule has 0 aliphatic heterocycles. The maximum absolute atomic E-state index is 11.4. The molecule has 0 radical (unpaired) electrons.